The molecule has 7 nitrogen and oxygen atoms in total. The molecule has 0 aliphatic carbocycles. The molecule has 1 rings (SSSR count). The number of nitrogens with zero attached hydrogens (tertiary/aromatic N) is 1. The van der Waals surface area contributed by atoms with Crippen molar-refractivity contribution in [3.63, 3.8) is 0 Å². The van der Waals surface area contributed by atoms with E-state index in [4.69, 9.17) is 0 Å². The number of amides is 3. The molecule has 7 heteroatoms. The highest BCUT2D eigenvalue weighted by molar-refractivity contribution is 5.89. The zero-order valence-corrected chi connectivity index (χ0v) is 12.2. The summed E-state index contributed by atoms with van der Waals surface area (Å²) >= 11 is 0. The van der Waals surface area contributed by atoms with Crippen molar-refractivity contribution in [2.45, 2.75) is 45.7 Å². The molecule has 0 bridgehead atoms. The van der Waals surface area contributed by atoms with Crippen LogP contribution in [0.25, 0.3) is 0 Å². The van der Waals surface area contributed by atoms with Gasteiger partial charge in [0.15, 0.2) is 0 Å². The molecule has 1 fully saturated rings. The van der Waals surface area contributed by atoms with E-state index in [1.807, 2.05) is 13.8 Å². The van der Waals surface area contributed by atoms with Gasteiger partial charge in [-0.15, -0.1) is 0 Å². The number of rotatable bonds is 5. The second-order valence-corrected chi connectivity index (χ2v) is 5.06. The minimum Gasteiger partial charge on any atom is -0.480 e. The molecule has 20 heavy (non-hydrogen) atoms. The Kier molecular flexibility index (Phi) is 5.79. The summed E-state index contributed by atoms with van der Waals surface area (Å²) < 4.78 is 0. The SMILES string of the molecule is CCC(C)[C@H](NC(=O)N1CCNC(=O)C1CC)C(=O)O. The number of hydrogen-bond donors (Lipinski definition) is 3. The molecule has 0 aromatic carbocycles. The maximum Gasteiger partial charge on any atom is 0.326 e. The van der Waals surface area contributed by atoms with Gasteiger partial charge in [0.05, 0.1) is 0 Å². The van der Waals surface area contributed by atoms with Gasteiger partial charge >= 0.3 is 12.0 Å². The van der Waals surface area contributed by atoms with Crippen molar-refractivity contribution in [3.05, 3.63) is 0 Å². The van der Waals surface area contributed by atoms with Gasteiger partial charge in [-0.1, -0.05) is 27.2 Å². The van der Waals surface area contributed by atoms with Gasteiger partial charge in [0.1, 0.15) is 12.1 Å². The number of carbonyl (C=O) groups excluding carboxylic acids is 2. The highest BCUT2D eigenvalue weighted by Crippen LogP contribution is 2.12. The Balaban J connectivity index is 2.77. The average molecular weight is 285 g/mol. The molecule has 1 heterocycles. The molecule has 0 aromatic rings. The monoisotopic (exact) mass is 285 g/mol. The Morgan fingerprint density at radius 1 is 1.50 bits per heavy atom. The van der Waals surface area contributed by atoms with Crippen LogP contribution in [0.2, 0.25) is 0 Å². The van der Waals surface area contributed by atoms with E-state index in [2.05, 4.69) is 10.6 Å². The third-order valence-electron chi connectivity index (χ3n) is 3.74. The summed E-state index contributed by atoms with van der Waals surface area (Å²) in [4.78, 5) is 36.6. The third-order valence-corrected chi connectivity index (χ3v) is 3.74. The summed E-state index contributed by atoms with van der Waals surface area (Å²) in [6.07, 6.45) is 1.15. The van der Waals surface area contributed by atoms with Crippen LogP contribution in [-0.2, 0) is 9.59 Å². The first-order chi connectivity index (χ1) is 9.42. The lowest BCUT2D eigenvalue weighted by atomic mass is 9.99. The van der Waals surface area contributed by atoms with Crippen LogP contribution in [0.15, 0.2) is 0 Å². The Labute approximate surface area is 118 Å². The van der Waals surface area contributed by atoms with E-state index in [0.29, 0.717) is 25.9 Å². The van der Waals surface area contributed by atoms with Gasteiger partial charge in [0.2, 0.25) is 5.91 Å². The van der Waals surface area contributed by atoms with Gasteiger partial charge in [-0.3, -0.25) is 4.79 Å². The lowest BCUT2D eigenvalue weighted by Gasteiger charge is -2.35. The molecule has 3 amide bonds. The van der Waals surface area contributed by atoms with Crippen LogP contribution in [0.1, 0.15) is 33.6 Å². The molecule has 2 unspecified atom stereocenters. The van der Waals surface area contributed by atoms with Crippen LogP contribution in [0.5, 0.6) is 0 Å². The molecule has 0 aromatic heterocycles. The molecule has 1 aliphatic rings. The van der Waals surface area contributed by atoms with E-state index >= 15 is 0 Å². The molecule has 1 aliphatic heterocycles. The standard InChI is InChI=1S/C13H23N3O4/c1-4-8(3)10(12(18)19)15-13(20)16-7-6-14-11(17)9(16)5-2/h8-10H,4-7H2,1-3H3,(H,14,17)(H,15,20)(H,18,19)/t8?,9?,10-/m0/s1. The topological polar surface area (TPSA) is 98.7 Å². The average Bonchev–Trinajstić information content (AvgIpc) is 2.42. The first-order valence-corrected chi connectivity index (χ1v) is 6.99. The number of hydrogen-bond acceptors (Lipinski definition) is 3. The van der Waals surface area contributed by atoms with Gasteiger partial charge in [0, 0.05) is 13.1 Å². The number of urea groups is 1. The fourth-order valence-electron chi connectivity index (χ4n) is 2.26. The van der Waals surface area contributed by atoms with Crippen molar-refractivity contribution >= 4 is 17.9 Å². The molecule has 0 radical (unpaired) electrons. The van der Waals surface area contributed by atoms with Gasteiger partial charge < -0.3 is 20.6 Å². The third kappa shape index (κ3) is 3.61. The molecular formula is C13H23N3O4. The predicted octanol–water partition coefficient (Wildman–Crippen LogP) is 0.406. The van der Waals surface area contributed by atoms with Crippen LogP contribution in [0, 0.1) is 5.92 Å². The normalized spacial score (nSPS) is 21.9. The molecule has 114 valence electrons. The van der Waals surface area contributed by atoms with Gasteiger partial charge in [0.25, 0.3) is 0 Å². The summed E-state index contributed by atoms with van der Waals surface area (Å²) in [5, 5.41) is 14.4. The summed E-state index contributed by atoms with van der Waals surface area (Å²) in [5.41, 5.74) is 0. The Bertz CT molecular complexity index is 386. The summed E-state index contributed by atoms with van der Waals surface area (Å²) in [6.45, 7) is 6.25. The van der Waals surface area contributed by atoms with Crippen LogP contribution in [0.4, 0.5) is 4.79 Å². The molecule has 1 saturated heterocycles. The zero-order chi connectivity index (χ0) is 15.3. The second-order valence-electron chi connectivity index (χ2n) is 5.06. The van der Waals surface area contributed by atoms with E-state index in [0.717, 1.165) is 0 Å². The largest absolute Gasteiger partial charge is 0.480 e. The first kappa shape index (κ1) is 16.3. The van der Waals surface area contributed by atoms with Crippen molar-refractivity contribution in [1.29, 1.82) is 0 Å². The fourth-order valence-corrected chi connectivity index (χ4v) is 2.26. The molecule has 0 saturated carbocycles. The number of carboxylic acids is 1. The van der Waals surface area contributed by atoms with Crippen LogP contribution < -0.4 is 10.6 Å². The minimum absolute atomic E-state index is 0.171. The zero-order valence-electron chi connectivity index (χ0n) is 12.2. The van der Waals surface area contributed by atoms with E-state index in [1.54, 1.807) is 6.92 Å². The predicted molar refractivity (Wildman–Crippen MR) is 73.2 cm³/mol. The maximum absolute atomic E-state index is 12.2. The molecule has 3 N–H and O–H groups in total. The van der Waals surface area contributed by atoms with E-state index in [-0.39, 0.29) is 11.8 Å². The number of nitrogens with one attached hydrogen (secondary N) is 2. The van der Waals surface area contributed by atoms with Crippen molar-refractivity contribution in [1.82, 2.24) is 15.5 Å². The Morgan fingerprint density at radius 2 is 2.15 bits per heavy atom. The Hall–Kier alpha value is -1.79. The second kappa shape index (κ2) is 7.12. The van der Waals surface area contributed by atoms with Crippen LogP contribution >= 0.6 is 0 Å². The molecule has 0 spiro atoms. The van der Waals surface area contributed by atoms with Crippen molar-refractivity contribution in [2.75, 3.05) is 13.1 Å². The minimum atomic E-state index is -1.05. The van der Waals surface area contributed by atoms with Crippen molar-refractivity contribution in [3.8, 4) is 0 Å². The summed E-state index contributed by atoms with van der Waals surface area (Å²) in [5.74, 6) is -1.42. The van der Waals surface area contributed by atoms with Gasteiger partial charge in [-0.2, -0.15) is 0 Å². The number of piperazine rings is 1. The van der Waals surface area contributed by atoms with Crippen LogP contribution in [0.3, 0.4) is 0 Å². The Morgan fingerprint density at radius 3 is 2.65 bits per heavy atom. The smallest absolute Gasteiger partial charge is 0.326 e. The van der Waals surface area contributed by atoms with Crippen LogP contribution in [-0.4, -0.2) is 53.1 Å². The number of carboxylic acid groups (broad SMARTS) is 1. The van der Waals surface area contributed by atoms with Crippen molar-refractivity contribution < 1.29 is 19.5 Å². The number of aliphatic carboxylic acids is 1. The molecular weight excluding hydrogens is 262 g/mol. The van der Waals surface area contributed by atoms with E-state index in [1.165, 1.54) is 4.90 Å². The van der Waals surface area contributed by atoms with E-state index < -0.39 is 24.1 Å². The molecule has 3 atom stereocenters. The number of carbonyl (C=O) groups is 3. The van der Waals surface area contributed by atoms with Gasteiger partial charge in [-0.05, 0) is 12.3 Å². The van der Waals surface area contributed by atoms with Gasteiger partial charge in [-0.25, -0.2) is 9.59 Å². The lowest BCUT2D eigenvalue weighted by Crippen LogP contribution is -2.61. The van der Waals surface area contributed by atoms with E-state index in [9.17, 15) is 19.5 Å². The lowest BCUT2D eigenvalue weighted by molar-refractivity contribution is -0.140. The quantitative estimate of drug-likeness (QED) is 0.681. The first-order valence-electron chi connectivity index (χ1n) is 6.99. The highest BCUT2D eigenvalue weighted by atomic mass is 16.4. The highest BCUT2D eigenvalue weighted by Gasteiger charge is 2.34. The summed E-state index contributed by atoms with van der Waals surface area (Å²) in [7, 11) is 0. The summed E-state index contributed by atoms with van der Waals surface area (Å²) in [6, 6.07) is -1.95. The van der Waals surface area contributed by atoms with Crippen molar-refractivity contribution in [2.24, 2.45) is 5.92 Å². The maximum atomic E-state index is 12.2. The fraction of sp³-hybridized carbons (Fsp3) is 0.769.